The fourth-order valence-corrected chi connectivity index (χ4v) is 5.42. The quantitative estimate of drug-likeness (QED) is 0.196. The maximum absolute atomic E-state index is 13.1. The molecule has 3 nitrogen and oxygen atoms in total. The molecule has 0 unspecified atom stereocenters. The Morgan fingerprint density at radius 3 is 2.61 bits per heavy atom. The van der Waals surface area contributed by atoms with Crippen LogP contribution in [0.15, 0.2) is 100 Å². The number of nitrogens with zero attached hydrogens (tertiary/aromatic N) is 1. The van der Waals surface area contributed by atoms with Crippen molar-refractivity contribution in [1.82, 2.24) is 0 Å². The Bertz CT molecular complexity index is 1410. The topological polar surface area (TPSA) is 29.5 Å². The van der Waals surface area contributed by atoms with Crippen LogP contribution in [0.5, 0.6) is 5.75 Å². The van der Waals surface area contributed by atoms with Gasteiger partial charge in [-0.2, -0.15) is 0 Å². The predicted octanol–water partition coefficient (Wildman–Crippen LogP) is 7.59. The molecule has 162 valence electrons. The Morgan fingerprint density at radius 2 is 1.73 bits per heavy atom. The number of fused-ring (bicyclic) bond motifs is 1. The lowest BCUT2D eigenvalue weighted by Crippen LogP contribution is -2.27. The van der Waals surface area contributed by atoms with Gasteiger partial charge in [0.2, 0.25) is 0 Å². The average Bonchev–Trinajstić information content (AvgIpc) is 3.10. The molecule has 4 aromatic rings. The molecule has 0 bridgehead atoms. The van der Waals surface area contributed by atoms with Gasteiger partial charge in [-0.05, 0) is 58.3 Å². The monoisotopic (exact) mass is 531 g/mol. The number of anilines is 1. The van der Waals surface area contributed by atoms with Gasteiger partial charge >= 0.3 is 0 Å². The van der Waals surface area contributed by atoms with E-state index in [2.05, 4.69) is 40.2 Å². The molecule has 0 atom stereocenters. The third-order valence-corrected chi connectivity index (χ3v) is 7.09. The van der Waals surface area contributed by atoms with Gasteiger partial charge in [0, 0.05) is 4.47 Å². The van der Waals surface area contributed by atoms with Crippen molar-refractivity contribution in [2.75, 3.05) is 4.90 Å². The number of carbonyl (C=O) groups excluding carboxylic acids is 1. The molecule has 4 aromatic carbocycles. The summed E-state index contributed by atoms with van der Waals surface area (Å²) < 4.78 is 7.51. The Morgan fingerprint density at radius 1 is 0.939 bits per heavy atom. The van der Waals surface area contributed by atoms with E-state index in [1.165, 1.54) is 22.5 Å². The number of hydrogen-bond acceptors (Lipinski definition) is 4. The number of hydrogen-bond donors (Lipinski definition) is 0. The van der Waals surface area contributed by atoms with Crippen LogP contribution in [0.25, 0.3) is 16.8 Å². The number of amides is 1. The molecule has 0 saturated carbocycles. The first-order chi connectivity index (χ1) is 16.1. The molecule has 0 radical (unpaired) electrons. The van der Waals surface area contributed by atoms with Gasteiger partial charge in [-0.3, -0.25) is 9.69 Å². The van der Waals surface area contributed by atoms with Crippen LogP contribution >= 0.6 is 39.9 Å². The van der Waals surface area contributed by atoms with E-state index in [1.807, 2.05) is 72.8 Å². The van der Waals surface area contributed by atoms with Crippen molar-refractivity contribution in [2.45, 2.75) is 6.61 Å². The molecule has 1 aliphatic rings. The van der Waals surface area contributed by atoms with Crippen LogP contribution in [0.1, 0.15) is 11.1 Å². The van der Waals surface area contributed by atoms with E-state index in [-0.39, 0.29) is 5.91 Å². The van der Waals surface area contributed by atoms with E-state index in [4.69, 9.17) is 17.0 Å². The van der Waals surface area contributed by atoms with Crippen LogP contribution < -0.4 is 9.64 Å². The predicted molar refractivity (Wildman–Crippen MR) is 145 cm³/mol. The van der Waals surface area contributed by atoms with E-state index in [9.17, 15) is 4.79 Å². The van der Waals surface area contributed by atoms with Crippen LogP contribution in [0.4, 0.5) is 5.69 Å². The maximum atomic E-state index is 13.1. The lowest BCUT2D eigenvalue weighted by atomic mass is 10.1. The fourth-order valence-electron chi connectivity index (χ4n) is 3.73. The summed E-state index contributed by atoms with van der Waals surface area (Å²) in [4.78, 5) is 15.2. The first-order valence-electron chi connectivity index (χ1n) is 10.3. The van der Waals surface area contributed by atoms with E-state index >= 15 is 0 Å². The maximum Gasteiger partial charge on any atom is 0.270 e. The summed E-state index contributed by atoms with van der Waals surface area (Å²) in [7, 11) is 0. The molecule has 5 rings (SSSR count). The molecule has 1 aliphatic heterocycles. The van der Waals surface area contributed by atoms with E-state index in [0.29, 0.717) is 15.8 Å². The summed E-state index contributed by atoms with van der Waals surface area (Å²) in [6.45, 7) is 0.468. The molecular weight excluding hydrogens is 514 g/mol. The second-order valence-corrected chi connectivity index (χ2v) is 10.1. The van der Waals surface area contributed by atoms with E-state index < -0.39 is 0 Å². The molecule has 1 fully saturated rings. The number of thiocarbonyl (C=S) groups is 1. The van der Waals surface area contributed by atoms with Crippen molar-refractivity contribution in [3.63, 3.8) is 0 Å². The minimum Gasteiger partial charge on any atom is -0.489 e. The molecule has 6 heteroatoms. The van der Waals surface area contributed by atoms with Crippen LogP contribution in [0, 0.1) is 0 Å². The fraction of sp³-hybridized carbons (Fsp3) is 0.0370. The van der Waals surface area contributed by atoms with Gasteiger partial charge in [0.05, 0.1) is 10.6 Å². The summed E-state index contributed by atoms with van der Waals surface area (Å²) in [5.74, 6) is 0.629. The summed E-state index contributed by atoms with van der Waals surface area (Å²) in [5, 5.41) is 2.38. The average molecular weight is 532 g/mol. The minimum atomic E-state index is -0.120. The molecular formula is C27H18BrNO2S2. The molecule has 0 aliphatic carbocycles. The Balaban J connectivity index is 1.35. The Labute approximate surface area is 210 Å². The minimum absolute atomic E-state index is 0.120. The highest BCUT2D eigenvalue weighted by atomic mass is 79.9. The van der Waals surface area contributed by atoms with Crippen molar-refractivity contribution in [3.8, 4) is 5.75 Å². The van der Waals surface area contributed by atoms with E-state index in [0.717, 1.165) is 27.0 Å². The first kappa shape index (κ1) is 21.9. The van der Waals surface area contributed by atoms with Crippen LogP contribution in [0.3, 0.4) is 0 Å². The van der Waals surface area contributed by atoms with Crippen LogP contribution in [0.2, 0.25) is 0 Å². The number of halogens is 1. The molecule has 33 heavy (non-hydrogen) atoms. The van der Waals surface area contributed by atoms with Gasteiger partial charge in [0.25, 0.3) is 5.91 Å². The normalized spacial score (nSPS) is 14.9. The third-order valence-electron chi connectivity index (χ3n) is 5.29. The lowest BCUT2D eigenvalue weighted by molar-refractivity contribution is -0.113. The number of ether oxygens (including phenoxy) is 1. The largest absolute Gasteiger partial charge is 0.489 e. The highest BCUT2D eigenvalue weighted by Crippen LogP contribution is 2.37. The third kappa shape index (κ3) is 4.74. The zero-order valence-electron chi connectivity index (χ0n) is 17.4. The van der Waals surface area contributed by atoms with Gasteiger partial charge in [0.15, 0.2) is 4.32 Å². The number of thioether (sulfide) groups is 1. The summed E-state index contributed by atoms with van der Waals surface area (Å²) in [5.41, 5.74) is 2.77. The smallest absolute Gasteiger partial charge is 0.270 e. The molecule has 0 spiro atoms. The molecule has 1 heterocycles. The van der Waals surface area contributed by atoms with Gasteiger partial charge in [0.1, 0.15) is 12.4 Å². The molecule has 1 saturated heterocycles. The molecule has 0 aromatic heterocycles. The number of rotatable bonds is 5. The highest BCUT2D eigenvalue weighted by Gasteiger charge is 2.33. The second kappa shape index (κ2) is 9.51. The molecule has 1 amide bonds. The van der Waals surface area contributed by atoms with Crippen molar-refractivity contribution in [1.29, 1.82) is 0 Å². The summed E-state index contributed by atoms with van der Waals surface area (Å²) in [6, 6.07) is 29.8. The van der Waals surface area contributed by atoms with Crippen molar-refractivity contribution in [3.05, 3.63) is 112 Å². The van der Waals surface area contributed by atoms with Crippen molar-refractivity contribution in [2.24, 2.45) is 0 Å². The van der Waals surface area contributed by atoms with Crippen LogP contribution in [-0.2, 0) is 11.4 Å². The highest BCUT2D eigenvalue weighted by molar-refractivity contribution is 9.10. The van der Waals surface area contributed by atoms with Gasteiger partial charge in [-0.15, -0.1) is 0 Å². The standard InChI is InChI=1S/C27H18BrNO2S2/c28-21-10-5-11-22(16-21)29-26(30)25(33-27(29)32)15-18-6-3-12-23(14-18)31-17-20-9-4-8-19-7-1-2-13-24(19)20/h1-16H,17H2/b25-15+. The number of benzene rings is 4. The lowest BCUT2D eigenvalue weighted by Gasteiger charge is -2.14. The zero-order valence-corrected chi connectivity index (χ0v) is 20.6. The van der Waals surface area contributed by atoms with Crippen molar-refractivity contribution < 1.29 is 9.53 Å². The summed E-state index contributed by atoms with van der Waals surface area (Å²) in [6.07, 6.45) is 1.86. The van der Waals surface area contributed by atoms with Gasteiger partial charge in [-0.25, -0.2) is 0 Å². The summed E-state index contributed by atoms with van der Waals surface area (Å²) >= 11 is 10.2. The molecule has 0 N–H and O–H groups in total. The number of carbonyl (C=O) groups is 1. The Hall–Kier alpha value is -2.93. The van der Waals surface area contributed by atoms with E-state index in [1.54, 1.807) is 4.90 Å². The van der Waals surface area contributed by atoms with Crippen LogP contribution in [-0.4, -0.2) is 10.2 Å². The van der Waals surface area contributed by atoms with Crippen molar-refractivity contribution >= 4 is 72.7 Å². The van der Waals surface area contributed by atoms with Gasteiger partial charge in [-0.1, -0.05) is 101 Å². The second-order valence-electron chi connectivity index (χ2n) is 7.50. The SMILES string of the molecule is O=C1/C(=C\c2cccc(OCc3cccc4ccccc34)c2)SC(=S)N1c1cccc(Br)c1. The first-order valence-corrected chi connectivity index (χ1v) is 12.3. The van der Waals surface area contributed by atoms with Gasteiger partial charge < -0.3 is 4.74 Å². The Kier molecular flexibility index (Phi) is 6.31. The zero-order chi connectivity index (χ0) is 22.8.